The van der Waals surface area contributed by atoms with E-state index in [0.717, 1.165) is 19.4 Å². The number of ether oxygens (including phenoxy) is 2. The predicted octanol–water partition coefficient (Wildman–Crippen LogP) is 3.83. The molecule has 1 fully saturated rings. The van der Waals surface area contributed by atoms with Crippen LogP contribution in [0.15, 0.2) is 48.5 Å². The number of nitrogens with zero attached hydrogens (tertiary/aromatic N) is 1. The molecule has 0 unspecified atom stereocenters. The molecule has 0 atom stereocenters. The number of hydrogen-bond acceptors (Lipinski definition) is 4. The zero-order valence-corrected chi connectivity index (χ0v) is 15.4. The van der Waals surface area contributed by atoms with Gasteiger partial charge in [-0.2, -0.15) is 0 Å². The molecule has 142 valence electrons. The van der Waals surface area contributed by atoms with Crippen LogP contribution in [0.4, 0.5) is 5.69 Å². The molecule has 27 heavy (non-hydrogen) atoms. The van der Waals surface area contributed by atoms with Crippen molar-refractivity contribution in [1.82, 2.24) is 4.90 Å². The summed E-state index contributed by atoms with van der Waals surface area (Å²) in [5, 5.41) is 2.85. The second-order valence-corrected chi connectivity index (χ2v) is 6.41. The summed E-state index contributed by atoms with van der Waals surface area (Å²) in [6, 6.07) is 14.6. The van der Waals surface area contributed by atoms with Crippen LogP contribution in [-0.4, -0.2) is 36.9 Å². The van der Waals surface area contributed by atoms with Crippen LogP contribution in [0.1, 0.15) is 25.7 Å². The second-order valence-electron chi connectivity index (χ2n) is 6.41. The number of carbonyl (C=O) groups excluding carboxylic acids is 2. The minimum atomic E-state index is -0.105. The van der Waals surface area contributed by atoms with E-state index in [4.69, 9.17) is 9.47 Å². The first-order chi connectivity index (χ1) is 13.2. The highest BCUT2D eigenvalue weighted by Gasteiger charge is 2.18. The summed E-state index contributed by atoms with van der Waals surface area (Å²) < 4.78 is 11.1. The summed E-state index contributed by atoms with van der Waals surface area (Å²) in [5.74, 6) is 1.97. The standard InChI is InChI=1S/C21H24N2O4/c1-26-18-6-2-3-7-19(18)27-17-11-9-16(10-12-17)22-20(24)13-15-23-14-5-4-8-21(23)25/h2-3,6-7,9-12H,4-5,8,13-15H2,1H3,(H,22,24). The third kappa shape index (κ3) is 5.23. The van der Waals surface area contributed by atoms with Gasteiger partial charge in [0.2, 0.25) is 11.8 Å². The average molecular weight is 368 g/mol. The quantitative estimate of drug-likeness (QED) is 0.806. The lowest BCUT2D eigenvalue weighted by molar-refractivity contribution is -0.133. The van der Waals surface area contributed by atoms with Crippen molar-refractivity contribution in [2.75, 3.05) is 25.5 Å². The Kier molecular flexibility index (Phi) is 6.30. The zero-order chi connectivity index (χ0) is 19.1. The lowest BCUT2D eigenvalue weighted by atomic mass is 10.1. The van der Waals surface area contributed by atoms with Gasteiger partial charge in [-0.3, -0.25) is 9.59 Å². The molecule has 2 aromatic carbocycles. The van der Waals surface area contributed by atoms with E-state index in [0.29, 0.717) is 42.3 Å². The first-order valence-electron chi connectivity index (χ1n) is 9.14. The molecule has 2 amide bonds. The molecule has 0 bridgehead atoms. The van der Waals surface area contributed by atoms with Crippen molar-refractivity contribution in [3.63, 3.8) is 0 Å². The van der Waals surface area contributed by atoms with Gasteiger partial charge in [-0.05, 0) is 49.2 Å². The summed E-state index contributed by atoms with van der Waals surface area (Å²) in [6.45, 7) is 1.22. The Morgan fingerprint density at radius 2 is 1.81 bits per heavy atom. The Hall–Kier alpha value is -3.02. The van der Waals surface area contributed by atoms with Gasteiger partial charge in [0.1, 0.15) is 5.75 Å². The minimum absolute atomic E-state index is 0.105. The monoisotopic (exact) mass is 368 g/mol. The number of nitrogens with one attached hydrogen (secondary N) is 1. The number of anilines is 1. The van der Waals surface area contributed by atoms with E-state index in [1.165, 1.54) is 0 Å². The number of para-hydroxylation sites is 2. The molecule has 0 aliphatic carbocycles. The maximum Gasteiger partial charge on any atom is 0.226 e. The number of amides is 2. The van der Waals surface area contributed by atoms with Crippen molar-refractivity contribution < 1.29 is 19.1 Å². The van der Waals surface area contributed by atoms with Crippen LogP contribution in [0.25, 0.3) is 0 Å². The molecule has 6 heteroatoms. The van der Waals surface area contributed by atoms with Gasteiger partial charge in [0.15, 0.2) is 11.5 Å². The van der Waals surface area contributed by atoms with Gasteiger partial charge in [-0.1, -0.05) is 12.1 Å². The predicted molar refractivity (Wildman–Crippen MR) is 103 cm³/mol. The Morgan fingerprint density at radius 1 is 1.07 bits per heavy atom. The lowest BCUT2D eigenvalue weighted by Gasteiger charge is -2.26. The van der Waals surface area contributed by atoms with Crippen molar-refractivity contribution in [3.8, 4) is 17.2 Å². The van der Waals surface area contributed by atoms with Crippen LogP contribution in [0.5, 0.6) is 17.2 Å². The number of benzene rings is 2. The SMILES string of the molecule is COc1ccccc1Oc1ccc(NC(=O)CCN2CCCCC2=O)cc1. The highest BCUT2D eigenvalue weighted by Crippen LogP contribution is 2.31. The van der Waals surface area contributed by atoms with Crippen LogP contribution in [-0.2, 0) is 9.59 Å². The van der Waals surface area contributed by atoms with Crippen LogP contribution < -0.4 is 14.8 Å². The highest BCUT2D eigenvalue weighted by molar-refractivity contribution is 5.91. The lowest BCUT2D eigenvalue weighted by Crippen LogP contribution is -2.37. The smallest absolute Gasteiger partial charge is 0.226 e. The van der Waals surface area contributed by atoms with Crippen molar-refractivity contribution in [2.45, 2.75) is 25.7 Å². The van der Waals surface area contributed by atoms with Gasteiger partial charge >= 0.3 is 0 Å². The summed E-state index contributed by atoms with van der Waals surface area (Å²) in [7, 11) is 1.60. The molecule has 3 rings (SSSR count). The minimum Gasteiger partial charge on any atom is -0.493 e. The molecule has 0 spiro atoms. The Labute approximate surface area is 159 Å². The Bertz CT molecular complexity index is 789. The van der Waals surface area contributed by atoms with E-state index in [-0.39, 0.29) is 11.8 Å². The first kappa shape index (κ1) is 18.8. The zero-order valence-electron chi connectivity index (χ0n) is 15.4. The molecule has 0 radical (unpaired) electrons. The molecule has 1 heterocycles. The highest BCUT2D eigenvalue weighted by atomic mass is 16.5. The molecule has 1 saturated heterocycles. The Balaban J connectivity index is 1.51. The summed E-state index contributed by atoms with van der Waals surface area (Å²) in [6.07, 6.45) is 2.85. The van der Waals surface area contributed by atoms with Gasteiger partial charge in [-0.25, -0.2) is 0 Å². The summed E-state index contributed by atoms with van der Waals surface area (Å²) >= 11 is 0. The third-order valence-corrected chi connectivity index (χ3v) is 4.47. The van der Waals surface area contributed by atoms with Crippen LogP contribution in [0.2, 0.25) is 0 Å². The normalized spacial score (nSPS) is 14.0. The molecular weight excluding hydrogens is 344 g/mol. The largest absolute Gasteiger partial charge is 0.493 e. The first-order valence-corrected chi connectivity index (χ1v) is 9.14. The van der Waals surface area contributed by atoms with Gasteiger partial charge in [-0.15, -0.1) is 0 Å². The van der Waals surface area contributed by atoms with Gasteiger partial charge in [0, 0.05) is 31.6 Å². The van der Waals surface area contributed by atoms with Gasteiger partial charge in [0.05, 0.1) is 7.11 Å². The second kappa shape index (κ2) is 9.07. The van der Waals surface area contributed by atoms with Crippen LogP contribution in [0.3, 0.4) is 0 Å². The van der Waals surface area contributed by atoms with Crippen molar-refractivity contribution in [1.29, 1.82) is 0 Å². The summed E-state index contributed by atoms with van der Waals surface area (Å²) in [4.78, 5) is 25.7. The molecular formula is C21H24N2O4. The molecule has 2 aromatic rings. The number of likely N-dealkylation sites (tertiary alicyclic amines) is 1. The third-order valence-electron chi connectivity index (χ3n) is 4.47. The van der Waals surface area contributed by atoms with E-state index in [1.54, 1.807) is 36.3 Å². The molecule has 0 saturated carbocycles. The summed E-state index contributed by atoms with van der Waals surface area (Å²) in [5.41, 5.74) is 0.692. The number of piperidine rings is 1. The molecule has 1 aliphatic heterocycles. The Morgan fingerprint density at radius 3 is 2.52 bits per heavy atom. The van der Waals surface area contributed by atoms with Crippen LogP contribution in [0, 0.1) is 0 Å². The molecule has 0 aromatic heterocycles. The average Bonchev–Trinajstić information content (AvgIpc) is 2.69. The number of carbonyl (C=O) groups is 2. The van der Waals surface area contributed by atoms with Gasteiger partial charge < -0.3 is 19.7 Å². The molecule has 1 aliphatic rings. The number of methoxy groups -OCH3 is 1. The van der Waals surface area contributed by atoms with E-state index in [1.807, 2.05) is 24.3 Å². The van der Waals surface area contributed by atoms with E-state index < -0.39 is 0 Å². The van der Waals surface area contributed by atoms with Gasteiger partial charge in [0.25, 0.3) is 0 Å². The maximum atomic E-state index is 12.1. The van der Waals surface area contributed by atoms with Crippen molar-refractivity contribution in [3.05, 3.63) is 48.5 Å². The van der Waals surface area contributed by atoms with Crippen molar-refractivity contribution >= 4 is 17.5 Å². The number of hydrogen-bond donors (Lipinski definition) is 1. The number of rotatable bonds is 7. The van der Waals surface area contributed by atoms with E-state index in [9.17, 15) is 9.59 Å². The fourth-order valence-electron chi connectivity index (χ4n) is 2.99. The fraction of sp³-hybridized carbons (Fsp3) is 0.333. The topological polar surface area (TPSA) is 67.9 Å². The van der Waals surface area contributed by atoms with E-state index >= 15 is 0 Å². The molecule has 6 nitrogen and oxygen atoms in total. The van der Waals surface area contributed by atoms with Crippen LogP contribution >= 0.6 is 0 Å². The van der Waals surface area contributed by atoms with Crippen molar-refractivity contribution in [2.24, 2.45) is 0 Å². The van der Waals surface area contributed by atoms with E-state index in [2.05, 4.69) is 5.32 Å². The fourth-order valence-corrected chi connectivity index (χ4v) is 2.99. The maximum absolute atomic E-state index is 12.1. The molecule has 1 N–H and O–H groups in total.